The van der Waals surface area contributed by atoms with Crippen LogP contribution in [0.25, 0.3) is 0 Å². The van der Waals surface area contributed by atoms with Crippen LogP contribution in [0.3, 0.4) is 0 Å². The molecule has 0 aromatic carbocycles. The van der Waals surface area contributed by atoms with Gasteiger partial charge in [0, 0.05) is 19.2 Å². The number of nitrogens with zero attached hydrogens (tertiary/aromatic N) is 1. The van der Waals surface area contributed by atoms with Crippen molar-refractivity contribution in [3.8, 4) is 0 Å². The van der Waals surface area contributed by atoms with Crippen molar-refractivity contribution in [3.63, 3.8) is 0 Å². The van der Waals surface area contributed by atoms with Crippen molar-refractivity contribution < 1.29 is 4.74 Å². The van der Waals surface area contributed by atoms with Crippen LogP contribution in [0.1, 0.15) is 41.0 Å². The Labute approximate surface area is 83.3 Å². The summed E-state index contributed by atoms with van der Waals surface area (Å²) in [5.41, 5.74) is 0. The lowest BCUT2D eigenvalue weighted by molar-refractivity contribution is 0.0686. The standard InChI is InChI=1S/C11H25NO/c1-6-12(10(2)3)8-7-9-13-11(4)5/h10-11H,6-9H2,1-5H3. The van der Waals surface area contributed by atoms with E-state index in [4.69, 9.17) is 4.74 Å². The maximum atomic E-state index is 5.49. The summed E-state index contributed by atoms with van der Waals surface area (Å²) in [5, 5.41) is 0. The summed E-state index contributed by atoms with van der Waals surface area (Å²) in [6, 6.07) is 0.657. The molecule has 0 amide bonds. The molecule has 0 atom stereocenters. The van der Waals surface area contributed by atoms with E-state index < -0.39 is 0 Å². The molecule has 0 aromatic heterocycles. The van der Waals surface area contributed by atoms with E-state index >= 15 is 0 Å². The number of hydrogen-bond donors (Lipinski definition) is 0. The van der Waals surface area contributed by atoms with E-state index in [1.165, 1.54) is 0 Å². The third-order valence-corrected chi connectivity index (χ3v) is 2.18. The van der Waals surface area contributed by atoms with Gasteiger partial charge in [-0.1, -0.05) is 6.92 Å². The van der Waals surface area contributed by atoms with Crippen LogP contribution in [0, 0.1) is 0 Å². The molecule has 0 heterocycles. The molecule has 0 aliphatic carbocycles. The first-order valence-corrected chi connectivity index (χ1v) is 5.43. The average Bonchev–Trinajstić information content (AvgIpc) is 2.03. The summed E-state index contributed by atoms with van der Waals surface area (Å²) in [7, 11) is 0. The SMILES string of the molecule is CCN(CCCOC(C)C)C(C)C. The second kappa shape index (κ2) is 7.34. The van der Waals surface area contributed by atoms with Gasteiger partial charge in [-0.2, -0.15) is 0 Å². The highest BCUT2D eigenvalue weighted by Crippen LogP contribution is 1.99. The van der Waals surface area contributed by atoms with Crippen LogP contribution in [0.4, 0.5) is 0 Å². The molecule has 13 heavy (non-hydrogen) atoms. The van der Waals surface area contributed by atoms with Crippen molar-refractivity contribution in [2.24, 2.45) is 0 Å². The van der Waals surface area contributed by atoms with Gasteiger partial charge in [0.1, 0.15) is 0 Å². The highest BCUT2D eigenvalue weighted by molar-refractivity contribution is 4.60. The predicted molar refractivity (Wildman–Crippen MR) is 58.1 cm³/mol. The van der Waals surface area contributed by atoms with Crippen molar-refractivity contribution in [1.82, 2.24) is 4.90 Å². The van der Waals surface area contributed by atoms with Gasteiger partial charge < -0.3 is 9.64 Å². The third kappa shape index (κ3) is 7.03. The molecule has 0 saturated heterocycles. The topological polar surface area (TPSA) is 12.5 Å². The lowest BCUT2D eigenvalue weighted by Crippen LogP contribution is -2.32. The molecule has 0 radical (unpaired) electrons. The summed E-state index contributed by atoms with van der Waals surface area (Å²) >= 11 is 0. The minimum absolute atomic E-state index is 0.370. The zero-order valence-electron chi connectivity index (χ0n) is 9.84. The van der Waals surface area contributed by atoms with Crippen LogP contribution in [0.5, 0.6) is 0 Å². The van der Waals surface area contributed by atoms with Gasteiger partial charge in [-0.15, -0.1) is 0 Å². The molecule has 0 fully saturated rings. The second-order valence-corrected chi connectivity index (χ2v) is 4.00. The van der Waals surface area contributed by atoms with Gasteiger partial charge in [-0.3, -0.25) is 0 Å². The average molecular weight is 187 g/mol. The van der Waals surface area contributed by atoms with Crippen LogP contribution in [-0.2, 0) is 4.74 Å². The third-order valence-electron chi connectivity index (χ3n) is 2.18. The normalized spacial score (nSPS) is 12.0. The highest BCUT2D eigenvalue weighted by atomic mass is 16.5. The van der Waals surface area contributed by atoms with Gasteiger partial charge in [0.05, 0.1) is 6.10 Å². The van der Waals surface area contributed by atoms with Crippen LogP contribution in [-0.4, -0.2) is 36.7 Å². The minimum Gasteiger partial charge on any atom is -0.379 e. The van der Waals surface area contributed by atoms with Crippen molar-refractivity contribution in [3.05, 3.63) is 0 Å². The molecule has 2 nitrogen and oxygen atoms in total. The van der Waals surface area contributed by atoms with Crippen molar-refractivity contribution in [2.45, 2.75) is 53.2 Å². The first-order valence-electron chi connectivity index (χ1n) is 5.43. The monoisotopic (exact) mass is 187 g/mol. The molecule has 0 N–H and O–H groups in total. The molecular weight excluding hydrogens is 162 g/mol. The summed E-state index contributed by atoms with van der Waals surface area (Å²) in [6.45, 7) is 14.0. The van der Waals surface area contributed by atoms with Gasteiger partial charge in [-0.25, -0.2) is 0 Å². The highest BCUT2D eigenvalue weighted by Gasteiger charge is 2.05. The Morgan fingerprint density at radius 2 is 1.77 bits per heavy atom. The van der Waals surface area contributed by atoms with E-state index in [0.717, 1.165) is 26.1 Å². The Morgan fingerprint density at radius 3 is 2.15 bits per heavy atom. The smallest absolute Gasteiger partial charge is 0.0518 e. The quantitative estimate of drug-likeness (QED) is 0.568. The fraction of sp³-hybridized carbons (Fsp3) is 1.00. The Balaban J connectivity index is 3.39. The molecule has 0 rings (SSSR count). The second-order valence-electron chi connectivity index (χ2n) is 4.00. The van der Waals surface area contributed by atoms with Crippen molar-refractivity contribution >= 4 is 0 Å². The van der Waals surface area contributed by atoms with E-state index in [1.54, 1.807) is 0 Å². The molecule has 0 saturated carbocycles. The Morgan fingerprint density at radius 1 is 1.15 bits per heavy atom. The van der Waals surface area contributed by atoms with Gasteiger partial charge in [0.15, 0.2) is 0 Å². The number of ether oxygens (including phenoxy) is 1. The van der Waals surface area contributed by atoms with E-state index in [9.17, 15) is 0 Å². The first kappa shape index (κ1) is 12.9. The Bertz CT molecular complexity index is 113. The molecule has 0 spiro atoms. The molecular formula is C11H25NO. The lowest BCUT2D eigenvalue weighted by atomic mass is 10.3. The Kier molecular flexibility index (Phi) is 7.29. The summed E-state index contributed by atoms with van der Waals surface area (Å²) in [6.07, 6.45) is 1.51. The maximum absolute atomic E-state index is 5.49. The van der Waals surface area contributed by atoms with Crippen molar-refractivity contribution in [2.75, 3.05) is 19.7 Å². The van der Waals surface area contributed by atoms with Gasteiger partial charge in [-0.05, 0) is 40.7 Å². The van der Waals surface area contributed by atoms with Crippen LogP contribution in [0.15, 0.2) is 0 Å². The molecule has 0 aromatic rings. The zero-order valence-corrected chi connectivity index (χ0v) is 9.84. The molecule has 0 bridgehead atoms. The molecule has 0 aliphatic rings. The summed E-state index contributed by atoms with van der Waals surface area (Å²) in [5.74, 6) is 0. The number of rotatable bonds is 7. The van der Waals surface area contributed by atoms with E-state index in [1.807, 2.05) is 0 Å². The van der Waals surface area contributed by atoms with E-state index in [-0.39, 0.29) is 0 Å². The largest absolute Gasteiger partial charge is 0.379 e. The van der Waals surface area contributed by atoms with E-state index in [2.05, 4.69) is 39.5 Å². The maximum Gasteiger partial charge on any atom is 0.0518 e. The van der Waals surface area contributed by atoms with Crippen LogP contribution >= 0.6 is 0 Å². The first-order chi connectivity index (χ1) is 6.07. The Hall–Kier alpha value is -0.0800. The molecule has 2 heteroatoms. The van der Waals surface area contributed by atoms with E-state index in [0.29, 0.717) is 12.1 Å². The van der Waals surface area contributed by atoms with Crippen molar-refractivity contribution in [1.29, 1.82) is 0 Å². The minimum atomic E-state index is 0.370. The fourth-order valence-electron chi connectivity index (χ4n) is 1.37. The fourth-order valence-corrected chi connectivity index (χ4v) is 1.37. The molecule has 0 aliphatic heterocycles. The van der Waals surface area contributed by atoms with Gasteiger partial charge >= 0.3 is 0 Å². The van der Waals surface area contributed by atoms with Gasteiger partial charge in [0.2, 0.25) is 0 Å². The summed E-state index contributed by atoms with van der Waals surface area (Å²) < 4.78 is 5.49. The van der Waals surface area contributed by atoms with Crippen LogP contribution in [0.2, 0.25) is 0 Å². The zero-order chi connectivity index (χ0) is 10.3. The molecule has 80 valence electrons. The van der Waals surface area contributed by atoms with Crippen LogP contribution < -0.4 is 0 Å². The van der Waals surface area contributed by atoms with Gasteiger partial charge in [0.25, 0.3) is 0 Å². The molecule has 0 unspecified atom stereocenters. The lowest BCUT2D eigenvalue weighted by Gasteiger charge is -2.24. The summed E-state index contributed by atoms with van der Waals surface area (Å²) in [4.78, 5) is 2.46. The number of hydrogen-bond acceptors (Lipinski definition) is 2. The predicted octanol–water partition coefficient (Wildman–Crippen LogP) is 2.53.